The molecule has 0 unspecified atom stereocenters. The molecule has 0 aromatic heterocycles. The highest BCUT2D eigenvalue weighted by Gasteiger charge is 2.42. The smallest absolute Gasteiger partial charge is 0.192 e. The van der Waals surface area contributed by atoms with Gasteiger partial charge in [-0.1, -0.05) is 104 Å². The Morgan fingerprint density at radius 1 is 1.00 bits per heavy atom. The third-order valence-electron chi connectivity index (χ3n) is 6.42. The third-order valence-corrected chi connectivity index (χ3v) is 12.2. The van der Waals surface area contributed by atoms with Crippen molar-refractivity contribution < 1.29 is 9.22 Å². The van der Waals surface area contributed by atoms with Gasteiger partial charge >= 0.3 is 0 Å². The first-order chi connectivity index (χ1) is 12.7. The van der Waals surface area contributed by atoms with Crippen LogP contribution < -0.4 is 0 Å². The van der Waals surface area contributed by atoms with Gasteiger partial charge in [-0.3, -0.25) is 4.79 Å². The van der Waals surface area contributed by atoms with E-state index in [2.05, 4.69) is 40.8 Å². The van der Waals surface area contributed by atoms with Gasteiger partial charge in [-0.25, -0.2) is 0 Å². The van der Waals surface area contributed by atoms with Crippen LogP contribution >= 0.6 is 11.8 Å². The molecule has 160 valence electrons. The number of rotatable bonds is 14. The second-order valence-electron chi connectivity index (χ2n) is 9.95. The molecule has 0 aromatic rings. The molecule has 1 heterocycles. The maximum atomic E-state index is 11.8. The van der Waals surface area contributed by atoms with Gasteiger partial charge in [-0.2, -0.15) is 0 Å². The molecule has 4 heteroatoms. The van der Waals surface area contributed by atoms with Gasteiger partial charge in [0.05, 0.1) is 6.10 Å². The Hall–Kier alpha value is 0.197. The largest absolute Gasteiger partial charge is 0.413 e. The monoisotopic (exact) mass is 414 g/mol. The van der Waals surface area contributed by atoms with Crippen LogP contribution in [0.3, 0.4) is 0 Å². The van der Waals surface area contributed by atoms with Crippen molar-refractivity contribution in [1.29, 1.82) is 0 Å². The van der Waals surface area contributed by atoms with Gasteiger partial charge in [0.2, 0.25) is 0 Å². The minimum absolute atomic E-state index is 0.232. The van der Waals surface area contributed by atoms with E-state index >= 15 is 0 Å². The lowest BCUT2D eigenvalue weighted by atomic mass is 10.0. The van der Waals surface area contributed by atoms with E-state index < -0.39 is 8.32 Å². The Morgan fingerprint density at radius 2 is 1.52 bits per heavy atom. The van der Waals surface area contributed by atoms with Crippen LogP contribution in [0.25, 0.3) is 0 Å². The van der Waals surface area contributed by atoms with Crippen molar-refractivity contribution in [2.24, 2.45) is 0 Å². The quantitative estimate of drug-likeness (QED) is 0.212. The summed E-state index contributed by atoms with van der Waals surface area (Å²) in [6, 6.07) is 0. The predicted octanol–water partition coefficient (Wildman–Crippen LogP) is 8.11. The zero-order chi connectivity index (χ0) is 20.3. The first-order valence-electron chi connectivity index (χ1n) is 11.5. The highest BCUT2D eigenvalue weighted by atomic mass is 32.2. The van der Waals surface area contributed by atoms with Gasteiger partial charge in [0.15, 0.2) is 13.4 Å². The normalized spacial score (nSPS) is 19.6. The summed E-state index contributed by atoms with van der Waals surface area (Å²) in [7, 11) is -1.78. The van der Waals surface area contributed by atoms with E-state index in [0.717, 1.165) is 19.3 Å². The van der Waals surface area contributed by atoms with Crippen LogP contribution in [0.5, 0.6) is 0 Å². The van der Waals surface area contributed by atoms with E-state index in [-0.39, 0.29) is 11.1 Å². The molecule has 1 fully saturated rings. The third kappa shape index (κ3) is 9.98. The second kappa shape index (κ2) is 12.7. The van der Waals surface area contributed by atoms with Crippen LogP contribution in [-0.4, -0.2) is 24.8 Å². The van der Waals surface area contributed by atoms with Crippen LogP contribution in [0.2, 0.25) is 18.1 Å². The van der Waals surface area contributed by atoms with E-state index in [9.17, 15) is 4.79 Å². The molecule has 0 saturated carbocycles. The fourth-order valence-electron chi connectivity index (χ4n) is 3.52. The first kappa shape index (κ1) is 25.2. The van der Waals surface area contributed by atoms with Crippen molar-refractivity contribution in [2.75, 3.05) is 0 Å². The Balaban J connectivity index is 2.32. The molecule has 0 aliphatic carbocycles. The number of hydrogen-bond acceptors (Lipinski definition) is 3. The second-order valence-corrected chi connectivity index (χ2v) is 16.0. The molecular weight excluding hydrogens is 368 g/mol. The molecule has 0 spiro atoms. The van der Waals surface area contributed by atoms with Crippen molar-refractivity contribution >= 4 is 25.2 Å². The van der Waals surface area contributed by atoms with Crippen molar-refractivity contribution in [1.82, 2.24) is 0 Å². The topological polar surface area (TPSA) is 26.3 Å². The van der Waals surface area contributed by atoms with Crippen LogP contribution in [0.4, 0.5) is 0 Å². The highest BCUT2D eigenvalue weighted by molar-refractivity contribution is 8.14. The van der Waals surface area contributed by atoms with E-state index in [1.54, 1.807) is 11.8 Å². The summed E-state index contributed by atoms with van der Waals surface area (Å²) in [5.74, 6) is 0. The van der Waals surface area contributed by atoms with Crippen molar-refractivity contribution in [3.05, 3.63) is 0 Å². The summed E-state index contributed by atoms with van der Waals surface area (Å²) in [5.41, 5.74) is 0. The van der Waals surface area contributed by atoms with E-state index in [1.807, 2.05) is 0 Å². The van der Waals surface area contributed by atoms with Gasteiger partial charge in [0.25, 0.3) is 0 Å². The van der Waals surface area contributed by atoms with Crippen LogP contribution in [0.15, 0.2) is 0 Å². The summed E-state index contributed by atoms with van der Waals surface area (Å²) >= 11 is 1.56. The maximum Gasteiger partial charge on any atom is 0.192 e. The summed E-state index contributed by atoms with van der Waals surface area (Å²) in [5, 5.41) is 0.994. The Bertz CT molecular complexity index is 417. The lowest BCUT2D eigenvalue weighted by Crippen LogP contribution is -2.46. The maximum absolute atomic E-state index is 11.8. The van der Waals surface area contributed by atoms with Gasteiger partial charge in [0, 0.05) is 11.7 Å². The van der Waals surface area contributed by atoms with E-state index in [4.69, 9.17) is 4.43 Å². The average Bonchev–Trinajstić information content (AvgIpc) is 3.00. The highest BCUT2D eigenvalue weighted by Crippen LogP contribution is 2.41. The molecule has 2 nitrogen and oxygen atoms in total. The van der Waals surface area contributed by atoms with Gasteiger partial charge in [-0.15, -0.1) is 0 Å². The number of carbonyl (C=O) groups is 1. The molecular formula is C23H46O2SSi. The van der Waals surface area contributed by atoms with Crippen LogP contribution in [0, 0.1) is 0 Å². The molecule has 0 radical (unpaired) electrons. The predicted molar refractivity (Wildman–Crippen MR) is 124 cm³/mol. The van der Waals surface area contributed by atoms with Gasteiger partial charge in [0.1, 0.15) is 0 Å². The molecule has 2 atom stereocenters. The van der Waals surface area contributed by atoms with Crippen LogP contribution in [0.1, 0.15) is 111 Å². The molecule has 0 amide bonds. The number of thioether (sulfide) groups is 1. The summed E-state index contributed by atoms with van der Waals surface area (Å²) < 4.78 is 6.78. The molecule has 0 N–H and O–H groups in total. The molecule has 0 aromatic carbocycles. The Kier molecular flexibility index (Phi) is 11.9. The summed E-state index contributed by atoms with van der Waals surface area (Å²) in [6.45, 7) is 13.9. The number of hydrogen-bond donors (Lipinski definition) is 0. The summed E-state index contributed by atoms with van der Waals surface area (Å²) in [6.07, 6.45) is 16.9. The van der Waals surface area contributed by atoms with E-state index in [1.165, 1.54) is 64.2 Å². The number of unbranched alkanes of at least 4 members (excludes halogenated alkanes) is 9. The molecule has 1 aliphatic heterocycles. The lowest BCUT2D eigenvalue weighted by Gasteiger charge is -2.40. The first-order valence-corrected chi connectivity index (χ1v) is 15.3. The Labute approximate surface area is 175 Å². The average molecular weight is 415 g/mol. The minimum atomic E-state index is -1.78. The van der Waals surface area contributed by atoms with Gasteiger partial charge in [-0.05, 0) is 31.0 Å². The fraction of sp³-hybridized carbons (Fsp3) is 0.957. The number of carbonyl (C=O) groups excluding carboxylic acids is 1. The fourth-order valence-corrected chi connectivity index (χ4v) is 6.16. The van der Waals surface area contributed by atoms with Crippen molar-refractivity contribution in [2.45, 2.75) is 141 Å². The van der Waals surface area contributed by atoms with Crippen molar-refractivity contribution in [3.8, 4) is 0 Å². The van der Waals surface area contributed by atoms with Crippen LogP contribution in [-0.2, 0) is 9.22 Å². The van der Waals surface area contributed by atoms with Gasteiger partial charge < -0.3 is 4.43 Å². The molecule has 1 saturated heterocycles. The summed E-state index contributed by atoms with van der Waals surface area (Å²) in [4.78, 5) is 11.8. The molecule has 0 bridgehead atoms. The minimum Gasteiger partial charge on any atom is -0.413 e. The standard InChI is InChI=1S/C23H46O2SSi/c1-7-8-9-10-11-12-13-14-15-16-17-20(21-18-19-22(24)26-21)25-27(5,6)23(2,3)4/h20-21H,7-19H2,1-6H3/t20-,21-/m0/s1. The zero-order valence-corrected chi connectivity index (χ0v) is 20.9. The van der Waals surface area contributed by atoms with E-state index in [0.29, 0.717) is 10.4 Å². The SMILES string of the molecule is CCCCCCCCCCCC[C@H](O[Si](C)(C)C(C)(C)C)[C@@H]1CCC(=O)S1. The zero-order valence-electron chi connectivity index (χ0n) is 19.1. The van der Waals surface area contributed by atoms with Crippen molar-refractivity contribution in [3.63, 3.8) is 0 Å². The molecule has 1 aliphatic rings. The Morgan fingerprint density at radius 3 is 1.96 bits per heavy atom. The lowest BCUT2D eigenvalue weighted by molar-refractivity contribution is -0.110. The molecule has 27 heavy (non-hydrogen) atoms. The molecule has 1 rings (SSSR count).